The second kappa shape index (κ2) is 5.28. The fourth-order valence-corrected chi connectivity index (χ4v) is 4.52. The Morgan fingerprint density at radius 3 is 2.10 bits per heavy atom. The minimum absolute atomic E-state index is 0.0339. The lowest BCUT2D eigenvalue weighted by atomic mass is 10.1. The highest BCUT2D eigenvalue weighted by molar-refractivity contribution is 7.91. The fourth-order valence-electron chi connectivity index (χ4n) is 2.89. The van der Waals surface area contributed by atoms with Crippen LogP contribution in [0.2, 0.25) is 0 Å². The molecule has 2 atom stereocenters. The van der Waals surface area contributed by atoms with E-state index in [4.69, 9.17) is 0 Å². The lowest BCUT2D eigenvalue weighted by molar-refractivity contribution is 0.599. The van der Waals surface area contributed by atoms with Gasteiger partial charge in [0.2, 0.25) is 0 Å². The van der Waals surface area contributed by atoms with Crippen LogP contribution in [0.15, 0.2) is 28.0 Å². The molecule has 0 saturated carbocycles. The smallest absolute Gasteiger partial charge is 0.177 e. The molecule has 118 valence electrons. The molecule has 1 aliphatic heterocycles. The largest absolute Gasteiger partial charge is 0.367 e. The Kier molecular flexibility index (Phi) is 4.10. The van der Waals surface area contributed by atoms with E-state index in [1.807, 2.05) is 4.90 Å². The van der Waals surface area contributed by atoms with Gasteiger partial charge in [-0.2, -0.15) is 0 Å². The first-order valence-corrected chi connectivity index (χ1v) is 10.6. The summed E-state index contributed by atoms with van der Waals surface area (Å²) in [5.41, 5.74) is 0.599. The maximum Gasteiger partial charge on any atom is 0.177 e. The number of anilines is 1. The van der Waals surface area contributed by atoms with Gasteiger partial charge in [-0.05, 0) is 37.5 Å². The summed E-state index contributed by atoms with van der Waals surface area (Å²) in [6.45, 7) is 4.96. The Morgan fingerprint density at radius 2 is 1.67 bits per heavy atom. The first-order valence-electron chi connectivity index (χ1n) is 6.81. The Morgan fingerprint density at radius 1 is 1.05 bits per heavy atom. The van der Waals surface area contributed by atoms with Gasteiger partial charge in [-0.3, -0.25) is 0 Å². The van der Waals surface area contributed by atoms with Crippen LogP contribution in [-0.2, 0) is 19.7 Å². The maximum absolute atomic E-state index is 12.1. The average Bonchev–Trinajstić information content (AvgIpc) is 2.65. The van der Waals surface area contributed by atoms with Gasteiger partial charge in [-0.1, -0.05) is 6.92 Å². The molecule has 0 spiro atoms. The lowest BCUT2D eigenvalue weighted by Gasteiger charge is -2.26. The Hall–Kier alpha value is -1.08. The van der Waals surface area contributed by atoms with Crippen molar-refractivity contribution in [1.82, 2.24) is 0 Å². The summed E-state index contributed by atoms with van der Waals surface area (Å²) in [5, 5.41) is 0. The minimum atomic E-state index is -3.50. The SMILES string of the molecule is CC1CC(C)N(c2ccc(S(C)(=O)=O)cc2S(C)(=O)=O)C1. The van der Waals surface area contributed by atoms with Crippen molar-refractivity contribution in [3.8, 4) is 0 Å². The van der Waals surface area contributed by atoms with Gasteiger partial charge >= 0.3 is 0 Å². The molecule has 1 saturated heterocycles. The monoisotopic (exact) mass is 331 g/mol. The molecule has 1 heterocycles. The first kappa shape index (κ1) is 16.3. The predicted molar refractivity (Wildman–Crippen MR) is 83.3 cm³/mol. The van der Waals surface area contributed by atoms with E-state index in [9.17, 15) is 16.8 Å². The predicted octanol–water partition coefficient (Wildman–Crippen LogP) is 1.73. The van der Waals surface area contributed by atoms with Crippen molar-refractivity contribution in [3.63, 3.8) is 0 Å². The molecule has 1 fully saturated rings. The summed E-state index contributed by atoms with van der Waals surface area (Å²) in [5.74, 6) is 0.488. The van der Waals surface area contributed by atoms with E-state index in [1.54, 1.807) is 6.07 Å². The highest BCUT2D eigenvalue weighted by Crippen LogP contribution is 2.34. The third-order valence-electron chi connectivity index (χ3n) is 3.85. The van der Waals surface area contributed by atoms with Gasteiger partial charge in [0.1, 0.15) is 0 Å². The van der Waals surface area contributed by atoms with E-state index in [2.05, 4.69) is 13.8 Å². The van der Waals surface area contributed by atoms with Gasteiger partial charge in [0.25, 0.3) is 0 Å². The highest BCUT2D eigenvalue weighted by Gasteiger charge is 2.30. The van der Waals surface area contributed by atoms with E-state index < -0.39 is 19.7 Å². The maximum atomic E-state index is 12.1. The number of sulfone groups is 2. The van der Waals surface area contributed by atoms with Gasteiger partial charge in [0.15, 0.2) is 19.7 Å². The number of hydrogen-bond donors (Lipinski definition) is 0. The Balaban J connectivity index is 2.62. The van der Waals surface area contributed by atoms with E-state index in [0.29, 0.717) is 11.6 Å². The Labute approximate surface area is 126 Å². The normalized spacial score (nSPS) is 23.5. The highest BCUT2D eigenvalue weighted by atomic mass is 32.2. The molecule has 1 aromatic carbocycles. The summed E-state index contributed by atoms with van der Waals surface area (Å²) in [7, 11) is -6.93. The topological polar surface area (TPSA) is 71.5 Å². The molecule has 2 rings (SSSR count). The summed E-state index contributed by atoms with van der Waals surface area (Å²) in [4.78, 5) is 2.17. The number of rotatable bonds is 3. The molecule has 1 aliphatic rings. The van der Waals surface area contributed by atoms with Crippen LogP contribution in [0, 0.1) is 5.92 Å². The first-order chi connectivity index (χ1) is 9.50. The van der Waals surface area contributed by atoms with Crippen molar-refractivity contribution in [3.05, 3.63) is 18.2 Å². The summed E-state index contributed by atoms with van der Waals surface area (Å²) in [6, 6.07) is 4.61. The zero-order valence-corrected chi connectivity index (χ0v) is 14.3. The minimum Gasteiger partial charge on any atom is -0.367 e. The van der Waals surface area contributed by atoms with Crippen LogP contribution >= 0.6 is 0 Å². The van der Waals surface area contributed by atoms with Crippen LogP contribution in [0.3, 0.4) is 0 Å². The molecular formula is C14H21NO4S2. The van der Waals surface area contributed by atoms with Crippen molar-refractivity contribution >= 4 is 25.4 Å². The number of benzene rings is 1. The van der Waals surface area contributed by atoms with Crippen LogP contribution < -0.4 is 4.90 Å². The van der Waals surface area contributed by atoms with Crippen LogP contribution in [0.5, 0.6) is 0 Å². The average molecular weight is 331 g/mol. The molecule has 21 heavy (non-hydrogen) atoms. The second-order valence-electron chi connectivity index (χ2n) is 6.02. The van der Waals surface area contributed by atoms with Gasteiger partial charge in [0.05, 0.1) is 15.5 Å². The van der Waals surface area contributed by atoms with Gasteiger partial charge < -0.3 is 4.90 Å². The van der Waals surface area contributed by atoms with E-state index in [0.717, 1.165) is 25.5 Å². The molecular weight excluding hydrogens is 310 g/mol. The zero-order chi connectivity index (χ0) is 16.0. The van der Waals surface area contributed by atoms with Crippen molar-refractivity contribution in [2.45, 2.75) is 36.1 Å². The third kappa shape index (κ3) is 3.40. The summed E-state index contributed by atoms with van der Waals surface area (Å²) >= 11 is 0. The Bertz CT molecular complexity index is 753. The van der Waals surface area contributed by atoms with Gasteiger partial charge in [0, 0.05) is 25.1 Å². The second-order valence-corrected chi connectivity index (χ2v) is 10.0. The zero-order valence-electron chi connectivity index (χ0n) is 12.7. The molecule has 1 aromatic rings. The molecule has 0 N–H and O–H groups in total. The standard InChI is InChI=1S/C14H21NO4S2/c1-10-7-11(2)15(9-10)13-6-5-12(20(3,16)17)8-14(13)21(4,18)19/h5-6,8,10-11H,7,9H2,1-4H3. The van der Waals surface area contributed by atoms with E-state index >= 15 is 0 Å². The van der Waals surface area contributed by atoms with Crippen molar-refractivity contribution in [1.29, 1.82) is 0 Å². The molecule has 7 heteroatoms. The van der Waals surface area contributed by atoms with Gasteiger partial charge in [-0.15, -0.1) is 0 Å². The van der Waals surface area contributed by atoms with Crippen molar-refractivity contribution < 1.29 is 16.8 Å². The number of nitrogens with zero attached hydrogens (tertiary/aromatic N) is 1. The van der Waals surface area contributed by atoms with Gasteiger partial charge in [-0.25, -0.2) is 16.8 Å². The number of hydrogen-bond acceptors (Lipinski definition) is 5. The molecule has 0 aromatic heterocycles. The van der Waals surface area contributed by atoms with Crippen LogP contribution in [0.4, 0.5) is 5.69 Å². The van der Waals surface area contributed by atoms with Crippen LogP contribution in [0.1, 0.15) is 20.3 Å². The lowest BCUT2D eigenvalue weighted by Crippen LogP contribution is -2.28. The van der Waals surface area contributed by atoms with E-state index in [1.165, 1.54) is 12.1 Å². The quantitative estimate of drug-likeness (QED) is 0.843. The molecule has 5 nitrogen and oxygen atoms in total. The fraction of sp³-hybridized carbons (Fsp3) is 0.571. The van der Waals surface area contributed by atoms with Crippen molar-refractivity contribution in [2.75, 3.05) is 24.0 Å². The third-order valence-corrected chi connectivity index (χ3v) is 6.09. The molecule has 0 bridgehead atoms. The molecule has 0 amide bonds. The van der Waals surface area contributed by atoms with Crippen LogP contribution in [0.25, 0.3) is 0 Å². The van der Waals surface area contributed by atoms with Crippen molar-refractivity contribution in [2.24, 2.45) is 5.92 Å². The summed E-state index contributed by atoms with van der Waals surface area (Å²) in [6.07, 6.45) is 3.19. The molecule has 0 radical (unpaired) electrons. The van der Waals surface area contributed by atoms with Crippen LogP contribution in [-0.4, -0.2) is 41.9 Å². The summed E-state index contributed by atoms with van der Waals surface area (Å²) < 4.78 is 47.4. The van der Waals surface area contributed by atoms with E-state index in [-0.39, 0.29) is 15.8 Å². The molecule has 2 unspecified atom stereocenters. The molecule has 0 aliphatic carbocycles.